The van der Waals surface area contributed by atoms with Gasteiger partial charge in [0.05, 0.1) is 19.9 Å². The van der Waals surface area contributed by atoms with E-state index in [0.717, 1.165) is 35.6 Å². The van der Waals surface area contributed by atoms with Crippen molar-refractivity contribution in [3.63, 3.8) is 0 Å². The molecular weight excluding hydrogens is 570 g/mol. The third kappa shape index (κ3) is 6.30. The van der Waals surface area contributed by atoms with Gasteiger partial charge in [0.15, 0.2) is 11.5 Å². The molecular formula is C31H37N5O6S. The highest BCUT2D eigenvalue weighted by Gasteiger charge is 2.44. The number of hydrogen-bond acceptors (Lipinski definition) is 6. The molecule has 11 nitrogen and oxygen atoms in total. The minimum Gasteiger partial charge on any atom is -0.493 e. The number of methoxy groups -OCH3 is 2. The Morgan fingerprint density at radius 1 is 1.02 bits per heavy atom. The summed E-state index contributed by atoms with van der Waals surface area (Å²) in [6.07, 6.45) is 3.46. The van der Waals surface area contributed by atoms with Crippen LogP contribution >= 0.6 is 0 Å². The molecule has 0 aliphatic carbocycles. The Bertz CT molecular complexity index is 1540. The van der Waals surface area contributed by atoms with E-state index in [4.69, 9.17) is 20.6 Å². The highest BCUT2D eigenvalue weighted by atomic mass is 32.2. The number of hydrogen-bond donors (Lipinski definition) is 3. The fourth-order valence-electron chi connectivity index (χ4n) is 5.99. The van der Waals surface area contributed by atoms with E-state index >= 15 is 0 Å². The van der Waals surface area contributed by atoms with Crippen molar-refractivity contribution in [2.45, 2.75) is 44.2 Å². The maximum atomic E-state index is 14.0. The van der Waals surface area contributed by atoms with Gasteiger partial charge in [0.2, 0.25) is 11.8 Å². The molecule has 0 saturated carbocycles. The number of nitrogen functional groups attached to an aromatic ring is 1. The number of carbonyl (C=O) groups is 2. The van der Waals surface area contributed by atoms with Crippen molar-refractivity contribution in [3.8, 4) is 11.5 Å². The summed E-state index contributed by atoms with van der Waals surface area (Å²) in [5.74, 6) is 0.543. The number of anilines is 1. The summed E-state index contributed by atoms with van der Waals surface area (Å²) in [6, 6.07) is 14.3. The van der Waals surface area contributed by atoms with Gasteiger partial charge in [-0.1, -0.05) is 30.3 Å². The zero-order chi connectivity index (χ0) is 30.7. The fourth-order valence-corrected chi connectivity index (χ4v) is 6.70. The van der Waals surface area contributed by atoms with E-state index in [2.05, 4.69) is 0 Å². The first-order chi connectivity index (χ1) is 20.7. The molecule has 0 bridgehead atoms. The quantitative estimate of drug-likeness (QED) is 0.182. The van der Waals surface area contributed by atoms with Crippen LogP contribution in [0.5, 0.6) is 11.5 Å². The third-order valence-electron chi connectivity index (χ3n) is 8.27. The average Bonchev–Trinajstić information content (AvgIpc) is 3.39. The Morgan fingerprint density at radius 2 is 1.67 bits per heavy atom. The second kappa shape index (κ2) is 13.0. The molecule has 3 unspecified atom stereocenters. The molecule has 2 aliphatic rings. The van der Waals surface area contributed by atoms with Crippen molar-refractivity contribution in [1.29, 1.82) is 5.41 Å². The molecule has 2 aliphatic heterocycles. The molecule has 2 heterocycles. The number of nitrogens with zero attached hydrogens (tertiary/aromatic N) is 3. The van der Waals surface area contributed by atoms with Crippen LogP contribution in [0.1, 0.15) is 36.8 Å². The lowest BCUT2D eigenvalue weighted by Crippen LogP contribution is -2.53. The monoisotopic (exact) mass is 607 g/mol. The van der Waals surface area contributed by atoms with Gasteiger partial charge in [0.1, 0.15) is 17.9 Å². The molecule has 3 aromatic carbocycles. The van der Waals surface area contributed by atoms with Gasteiger partial charge in [-0.15, -0.1) is 0 Å². The summed E-state index contributed by atoms with van der Waals surface area (Å²) in [5, 5.41) is 9.26. The van der Waals surface area contributed by atoms with Crippen molar-refractivity contribution in [2.24, 2.45) is 5.73 Å². The molecule has 2 amide bonds. The van der Waals surface area contributed by atoms with Crippen molar-refractivity contribution in [3.05, 3.63) is 65.7 Å². The van der Waals surface area contributed by atoms with Gasteiger partial charge in [-0.3, -0.25) is 23.9 Å². The lowest BCUT2D eigenvalue weighted by atomic mass is 10.0. The van der Waals surface area contributed by atoms with E-state index in [9.17, 15) is 18.4 Å². The molecule has 0 spiro atoms. The van der Waals surface area contributed by atoms with E-state index in [1.165, 1.54) is 11.4 Å². The maximum Gasteiger partial charge on any atom is 0.262 e. The number of amidine groups is 1. The van der Waals surface area contributed by atoms with E-state index < -0.39 is 23.4 Å². The summed E-state index contributed by atoms with van der Waals surface area (Å²) in [7, 11) is 3.09. The van der Waals surface area contributed by atoms with Crippen LogP contribution in [0, 0.1) is 5.41 Å². The molecule has 12 heteroatoms. The zero-order valence-corrected chi connectivity index (χ0v) is 25.1. The molecule has 43 heavy (non-hydrogen) atoms. The summed E-state index contributed by atoms with van der Waals surface area (Å²) >= 11 is -2.51. The molecule has 0 radical (unpaired) electrons. The highest BCUT2D eigenvalue weighted by molar-refractivity contribution is 7.80. The molecule has 2 fully saturated rings. The van der Waals surface area contributed by atoms with Crippen LogP contribution < -0.4 is 19.5 Å². The topological polar surface area (TPSA) is 149 Å². The Hall–Kier alpha value is -4.16. The molecule has 2 saturated heterocycles. The number of benzene rings is 3. The predicted molar refractivity (Wildman–Crippen MR) is 166 cm³/mol. The van der Waals surface area contributed by atoms with Gasteiger partial charge in [-0.25, -0.2) is 4.21 Å². The number of fused-ring (bicyclic) bond motifs is 1. The second-order valence-electron chi connectivity index (χ2n) is 10.8. The Labute approximate surface area is 253 Å². The molecule has 3 atom stereocenters. The summed E-state index contributed by atoms with van der Waals surface area (Å²) < 4.78 is 35.2. The first kappa shape index (κ1) is 30.3. The van der Waals surface area contributed by atoms with Crippen molar-refractivity contribution >= 4 is 45.4 Å². The van der Waals surface area contributed by atoms with Crippen LogP contribution in [0.2, 0.25) is 0 Å². The van der Waals surface area contributed by atoms with Crippen LogP contribution in [0.3, 0.4) is 0 Å². The van der Waals surface area contributed by atoms with Gasteiger partial charge in [0, 0.05) is 31.6 Å². The molecule has 0 aromatic heterocycles. The first-order valence-corrected chi connectivity index (χ1v) is 15.4. The number of nitrogens with two attached hydrogens (primary N) is 1. The number of likely N-dealkylation sites (tertiary alicyclic amines) is 2. The number of rotatable bonds is 10. The summed E-state index contributed by atoms with van der Waals surface area (Å²) in [4.78, 5) is 31.3. The van der Waals surface area contributed by atoms with Crippen molar-refractivity contribution < 1.29 is 27.8 Å². The average molecular weight is 608 g/mol. The Kier molecular flexibility index (Phi) is 9.16. The van der Waals surface area contributed by atoms with Crippen LogP contribution in [0.15, 0.2) is 54.6 Å². The molecule has 4 N–H and O–H groups in total. The van der Waals surface area contributed by atoms with Gasteiger partial charge >= 0.3 is 0 Å². The maximum absolute atomic E-state index is 14.0. The smallest absolute Gasteiger partial charge is 0.262 e. The van der Waals surface area contributed by atoms with E-state index in [0.29, 0.717) is 35.8 Å². The largest absolute Gasteiger partial charge is 0.493 e. The first-order valence-electron chi connectivity index (χ1n) is 14.3. The summed E-state index contributed by atoms with van der Waals surface area (Å²) in [6.45, 7) is 1.55. The van der Waals surface area contributed by atoms with Crippen LogP contribution in [0.4, 0.5) is 5.69 Å². The van der Waals surface area contributed by atoms with Gasteiger partial charge in [0.25, 0.3) is 11.3 Å². The fraction of sp³-hybridized carbons (Fsp3) is 0.387. The number of nitrogens with one attached hydrogen (secondary N) is 1. The lowest BCUT2D eigenvalue weighted by molar-refractivity contribution is -0.144. The lowest BCUT2D eigenvalue weighted by Gasteiger charge is -2.35. The Balaban J connectivity index is 1.45. The minimum absolute atomic E-state index is 0.0478. The predicted octanol–water partition coefficient (Wildman–Crippen LogP) is 3.31. The SMILES string of the molecule is COc1cc2ccc(N(C3CCN(C(Cc4ccc(C(=N)N)cc4)C(=O)N4CCCCC4)C3=O)S(=O)O)cc2cc1OC. The van der Waals surface area contributed by atoms with Gasteiger partial charge < -0.3 is 25.0 Å². The van der Waals surface area contributed by atoms with E-state index in [1.807, 2.05) is 23.1 Å². The van der Waals surface area contributed by atoms with Gasteiger partial charge in [-0.2, -0.15) is 0 Å². The second-order valence-corrected chi connectivity index (χ2v) is 11.7. The highest BCUT2D eigenvalue weighted by Crippen LogP contribution is 2.35. The number of amides is 2. The van der Waals surface area contributed by atoms with Crippen LogP contribution in [0.25, 0.3) is 10.8 Å². The standard InChI is InChI=1S/C31H37N5O6S/c1-41-27-18-22-10-11-24(17-23(22)19-28(27)42-2)36(43(39)40)25-12-15-35(31(25)38)26(30(37)34-13-4-3-5-14-34)16-20-6-8-21(9-7-20)29(32)33/h6-11,17-19,25-26H,3-5,12-16H2,1-2H3,(H3,32,33)(H,39,40). The number of carbonyl (C=O) groups excluding carboxylic acids is 2. The van der Waals surface area contributed by atoms with Gasteiger partial charge in [-0.05, 0) is 66.3 Å². The summed E-state index contributed by atoms with van der Waals surface area (Å²) in [5.41, 5.74) is 7.42. The van der Waals surface area contributed by atoms with Crippen LogP contribution in [-0.2, 0) is 27.3 Å². The van der Waals surface area contributed by atoms with Crippen molar-refractivity contribution in [1.82, 2.24) is 9.80 Å². The van der Waals surface area contributed by atoms with Crippen molar-refractivity contribution in [2.75, 3.05) is 38.2 Å². The minimum atomic E-state index is -2.51. The van der Waals surface area contributed by atoms with Crippen LogP contribution in [-0.4, -0.2) is 82.1 Å². The number of ether oxygens (including phenoxy) is 2. The molecule has 3 aromatic rings. The zero-order valence-electron chi connectivity index (χ0n) is 24.3. The third-order valence-corrected chi connectivity index (χ3v) is 9.07. The normalized spacial score (nSPS) is 18.4. The molecule has 5 rings (SSSR count). The van der Waals surface area contributed by atoms with E-state index in [1.54, 1.807) is 48.4 Å². The molecule has 228 valence electrons. The number of piperidine rings is 1. The van der Waals surface area contributed by atoms with E-state index in [-0.39, 0.29) is 37.0 Å². The Morgan fingerprint density at radius 3 is 2.28 bits per heavy atom.